The number of hydrogen-bond donors (Lipinski definition) is 2. The highest BCUT2D eigenvalue weighted by atomic mass is 32.3. The normalized spacial score (nSPS) is 12.3. The summed E-state index contributed by atoms with van der Waals surface area (Å²) in [5, 5.41) is 2.58. The van der Waals surface area contributed by atoms with Crippen LogP contribution in [-0.4, -0.2) is 48.6 Å². The van der Waals surface area contributed by atoms with Crippen LogP contribution < -0.4 is 5.32 Å². The van der Waals surface area contributed by atoms with E-state index >= 15 is 0 Å². The molecule has 0 aliphatic heterocycles. The van der Waals surface area contributed by atoms with E-state index in [9.17, 15) is 17.4 Å². The average Bonchev–Trinajstić information content (AvgIpc) is 2.43. The van der Waals surface area contributed by atoms with E-state index < -0.39 is 28.1 Å². The molecule has 0 bridgehead atoms. The summed E-state index contributed by atoms with van der Waals surface area (Å²) < 4.78 is 48.9. The molecule has 1 amide bonds. The SMILES string of the molecule is C.Cc1ccc(C(=O)NCCS(=O)OCCOS(=O)(=O)O)cc1. The third-order valence-corrected chi connectivity index (χ3v) is 3.83. The molecule has 0 saturated heterocycles. The monoisotopic (exact) mass is 367 g/mol. The van der Waals surface area contributed by atoms with E-state index in [1.165, 1.54) is 0 Å². The molecule has 1 aromatic carbocycles. The van der Waals surface area contributed by atoms with Crippen LogP contribution in [0.15, 0.2) is 24.3 Å². The zero-order valence-electron chi connectivity index (χ0n) is 11.9. The van der Waals surface area contributed by atoms with Crippen LogP contribution in [0.3, 0.4) is 0 Å². The van der Waals surface area contributed by atoms with E-state index in [-0.39, 0.29) is 32.2 Å². The van der Waals surface area contributed by atoms with Crippen molar-refractivity contribution in [2.45, 2.75) is 14.4 Å². The highest BCUT2D eigenvalue weighted by molar-refractivity contribution is 7.81. The van der Waals surface area contributed by atoms with Crippen LogP contribution in [0.5, 0.6) is 0 Å². The Hall–Kier alpha value is -1.33. The number of rotatable bonds is 9. The highest BCUT2D eigenvalue weighted by Gasteiger charge is 2.07. The summed E-state index contributed by atoms with van der Waals surface area (Å²) in [4.78, 5) is 11.7. The fourth-order valence-electron chi connectivity index (χ4n) is 1.38. The molecule has 0 aliphatic carbocycles. The molecular formula is C13H21NO7S2. The summed E-state index contributed by atoms with van der Waals surface area (Å²) in [7, 11) is -4.52. The van der Waals surface area contributed by atoms with Gasteiger partial charge in [-0.15, -0.1) is 0 Å². The summed E-state index contributed by atoms with van der Waals surface area (Å²) in [6, 6.07) is 6.99. The molecule has 0 fully saturated rings. The maximum atomic E-state index is 11.7. The maximum absolute atomic E-state index is 11.7. The van der Waals surface area contributed by atoms with Crippen molar-refractivity contribution in [3.05, 3.63) is 35.4 Å². The molecule has 0 aliphatic rings. The largest absolute Gasteiger partial charge is 0.397 e. The van der Waals surface area contributed by atoms with Crippen LogP contribution in [0.25, 0.3) is 0 Å². The fourth-order valence-corrected chi connectivity index (χ4v) is 2.30. The van der Waals surface area contributed by atoms with E-state index in [1.807, 2.05) is 19.1 Å². The lowest BCUT2D eigenvalue weighted by atomic mass is 10.1. The van der Waals surface area contributed by atoms with Crippen molar-refractivity contribution < 1.29 is 30.3 Å². The Balaban J connectivity index is 0.00000484. The summed E-state index contributed by atoms with van der Waals surface area (Å²) >= 11 is -1.70. The molecule has 0 radical (unpaired) electrons. The lowest BCUT2D eigenvalue weighted by molar-refractivity contribution is 0.0956. The molecule has 10 heteroatoms. The molecule has 2 N–H and O–H groups in total. The van der Waals surface area contributed by atoms with Gasteiger partial charge in [-0.25, -0.2) is 8.39 Å². The molecule has 0 spiro atoms. The van der Waals surface area contributed by atoms with Crippen LogP contribution in [0, 0.1) is 6.92 Å². The number of benzene rings is 1. The van der Waals surface area contributed by atoms with Gasteiger partial charge >= 0.3 is 10.4 Å². The van der Waals surface area contributed by atoms with Crippen molar-refractivity contribution in [1.82, 2.24) is 5.32 Å². The minimum atomic E-state index is -4.52. The molecule has 8 nitrogen and oxygen atoms in total. The van der Waals surface area contributed by atoms with E-state index in [2.05, 4.69) is 9.50 Å². The van der Waals surface area contributed by atoms with Crippen LogP contribution >= 0.6 is 0 Å². The van der Waals surface area contributed by atoms with Gasteiger partial charge in [0.1, 0.15) is 0 Å². The zero-order valence-corrected chi connectivity index (χ0v) is 13.5. The van der Waals surface area contributed by atoms with Gasteiger partial charge in [0, 0.05) is 12.1 Å². The first-order chi connectivity index (χ1) is 10.3. The van der Waals surface area contributed by atoms with E-state index in [4.69, 9.17) is 8.74 Å². The predicted molar refractivity (Wildman–Crippen MR) is 86.7 cm³/mol. The quantitative estimate of drug-likeness (QED) is 0.491. The number of aryl methyl sites for hydroxylation is 1. The Morgan fingerprint density at radius 2 is 1.87 bits per heavy atom. The van der Waals surface area contributed by atoms with Crippen LogP contribution in [0.4, 0.5) is 0 Å². The molecular weight excluding hydrogens is 346 g/mol. The Morgan fingerprint density at radius 1 is 1.26 bits per heavy atom. The smallest absolute Gasteiger partial charge is 0.351 e. The van der Waals surface area contributed by atoms with E-state index in [0.29, 0.717) is 5.56 Å². The number of hydrogen-bond acceptors (Lipinski definition) is 6. The lowest BCUT2D eigenvalue weighted by Gasteiger charge is -2.06. The molecule has 0 saturated carbocycles. The fraction of sp³-hybridized carbons (Fsp3) is 0.462. The first-order valence-corrected chi connectivity index (χ1v) is 8.87. The number of amides is 1. The van der Waals surface area contributed by atoms with Gasteiger partial charge in [0.05, 0.1) is 19.0 Å². The van der Waals surface area contributed by atoms with Crippen LogP contribution in [-0.2, 0) is 29.8 Å². The number of nitrogens with one attached hydrogen (secondary N) is 1. The van der Waals surface area contributed by atoms with Crippen molar-refractivity contribution in [1.29, 1.82) is 0 Å². The van der Waals surface area contributed by atoms with E-state index in [0.717, 1.165) is 5.56 Å². The third kappa shape index (κ3) is 10.1. The second-order valence-corrected chi connectivity index (χ2v) is 6.54. The average molecular weight is 367 g/mol. The second kappa shape index (κ2) is 10.4. The molecule has 1 aromatic rings. The molecule has 23 heavy (non-hydrogen) atoms. The van der Waals surface area contributed by atoms with Crippen LogP contribution in [0.1, 0.15) is 23.3 Å². The second-order valence-electron chi connectivity index (χ2n) is 4.20. The Morgan fingerprint density at radius 3 is 2.43 bits per heavy atom. The molecule has 1 rings (SSSR count). The maximum Gasteiger partial charge on any atom is 0.397 e. The molecule has 1 unspecified atom stereocenters. The van der Waals surface area contributed by atoms with E-state index in [1.54, 1.807) is 12.1 Å². The van der Waals surface area contributed by atoms with Gasteiger partial charge in [-0.2, -0.15) is 8.42 Å². The van der Waals surface area contributed by atoms with Gasteiger partial charge in [0.25, 0.3) is 5.91 Å². The first kappa shape index (κ1) is 21.7. The summed E-state index contributed by atoms with van der Waals surface area (Å²) in [6.45, 7) is 1.34. The lowest BCUT2D eigenvalue weighted by Crippen LogP contribution is -2.28. The highest BCUT2D eigenvalue weighted by Crippen LogP contribution is 2.02. The minimum Gasteiger partial charge on any atom is -0.351 e. The van der Waals surface area contributed by atoms with Gasteiger partial charge in [-0.1, -0.05) is 25.1 Å². The molecule has 1 atom stereocenters. The summed E-state index contributed by atoms with van der Waals surface area (Å²) in [6.07, 6.45) is 0. The zero-order chi connectivity index (χ0) is 16.6. The summed E-state index contributed by atoms with van der Waals surface area (Å²) in [5.74, 6) is -0.240. The molecule has 0 heterocycles. The predicted octanol–water partition coefficient (Wildman–Crippen LogP) is 0.861. The third-order valence-electron chi connectivity index (χ3n) is 2.40. The summed E-state index contributed by atoms with van der Waals surface area (Å²) in [5.41, 5.74) is 1.54. The van der Waals surface area contributed by atoms with Gasteiger partial charge in [0.2, 0.25) is 0 Å². The Kier molecular flexibility index (Phi) is 9.84. The van der Waals surface area contributed by atoms with Gasteiger partial charge in [-0.05, 0) is 19.1 Å². The minimum absolute atomic E-state index is 0. The van der Waals surface area contributed by atoms with Crippen molar-refractivity contribution in [2.24, 2.45) is 0 Å². The topological polar surface area (TPSA) is 119 Å². The number of carbonyl (C=O) groups excluding carboxylic acids is 1. The van der Waals surface area contributed by atoms with Gasteiger partial charge in [-0.3, -0.25) is 13.5 Å². The molecule has 0 aromatic heterocycles. The Bertz CT molecular complexity index is 614. The van der Waals surface area contributed by atoms with Crippen molar-refractivity contribution in [2.75, 3.05) is 25.5 Å². The Labute approximate surface area is 138 Å². The van der Waals surface area contributed by atoms with Crippen LogP contribution in [0.2, 0.25) is 0 Å². The first-order valence-electron chi connectivity index (χ1n) is 6.26. The van der Waals surface area contributed by atoms with Crippen molar-refractivity contribution >= 4 is 27.4 Å². The van der Waals surface area contributed by atoms with Crippen molar-refractivity contribution in [3.8, 4) is 0 Å². The number of carbonyl (C=O) groups is 1. The van der Waals surface area contributed by atoms with Gasteiger partial charge < -0.3 is 5.32 Å². The van der Waals surface area contributed by atoms with Gasteiger partial charge in [0.15, 0.2) is 11.1 Å². The standard InChI is InChI=1S/C12H17NO7S2.CH4/c1-10-2-4-11(5-3-10)12(14)13-6-9-21(15)19-7-8-20-22(16,17)18;/h2-5H,6-9H2,1H3,(H,13,14)(H,16,17,18);1H4. The van der Waals surface area contributed by atoms with Crippen molar-refractivity contribution in [3.63, 3.8) is 0 Å². The molecule has 132 valence electrons.